The molecular weight excluding hydrogens is 300 g/mol. The summed E-state index contributed by atoms with van der Waals surface area (Å²) in [5.41, 5.74) is 2.96. The third kappa shape index (κ3) is 4.61. The lowest BCUT2D eigenvalue weighted by molar-refractivity contribution is 0.271. The van der Waals surface area contributed by atoms with Crippen molar-refractivity contribution >= 4 is 0 Å². The molecule has 0 aliphatic carbocycles. The Hall–Kier alpha value is -2.78. The fraction of sp³-hybridized carbons (Fsp3) is 0.143. The summed E-state index contributed by atoms with van der Waals surface area (Å²) < 4.78 is 11.7. The zero-order chi connectivity index (χ0) is 16.6. The van der Waals surface area contributed by atoms with E-state index in [1.54, 1.807) is 0 Å². The topological polar surface area (TPSA) is 38.7 Å². The van der Waals surface area contributed by atoms with Crippen molar-refractivity contribution in [2.75, 3.05) is 0 Å². The van der Waals surface area contributed by atoms with E-state index in [1.165, 1.54) is 0 Å². The number of aliphatic hydroxyl groups is 1. The number of aliphatic hydroxyl groups excluding tert-OH is 1. The predicted octanol–water partition coefficient (Wildman–Crippen LogP) is 4.34. The molecule has 0 aliphatic heterocycles. The van der Waals surface area contributed by atoms with Crippen LogP contribution in [0.1, 0.15) is 16.7 Å². The summed E-state index contributed by atoms with van der Waals surface area (Å²) in [6.07, 6.45) is 0. The van der Waals surface area contributed by atoms with Crippen molar-refractivity contribution in [3.8, 4) is 11.5 Å². The smallest absolute Gasteiger partial charge is 0.123 e. The Kier molecular flexibility index (Phi) is 5.48. The molecular formula is C21H20O3. The maximum atomic E-state index is 9.45. The minimum Gasteiger partial charge on any atom is -0.489 e. The Balaban J connectivity index is 1.68. The summed E-state index contributed by atoms with van der Waals surface area (Å²) in [4.78, 5) is 0. The average Bonchev–Trinajstić information content (AvgIpc) is 2.66. The second kappa shape index (κ2) is 8.18. The lowest BCUT2D eigenvalue weighted by Gasteiger charge is -2.12. The Labute approximate surface area is 142 Å². The molecule has 0 heterocycles. The highest BCUT2D eigenvalue weighted by Crippen LogP contribution is 2.24. The van der Waals surface area contributed by atoms with Crippen LogP contribution in [0.2, 0.25) is 0 Å². The Bertz CT molecular complexity index is 693. The van der Waals surface area contributed by atoms with Crippen LogP contribution >= 0.6 is 0 Å². The monoisotopic (exact) mass is 320 g/mol. The molecule has 0 fully saturated rings. The highest BCUT2D eigenvalue weighted by atomic mass is 16.5. The lowest BCUT2D eigenvalue weighted by Crippen LogP contribution is -1.99. The molecule has 0 bridgehead atoms. The van der Waals surface area contributed by atoms with Crippen molar-refractivity contribution in [3.63, 3.8) is 0 Å². The molecule has 0 saturated carbocycles. The highest BCUT2D eigenvalue weighted by Gasteiger charge is 2.04. The van der Waals surface area contributed by atoms with E-state index >= 15 is 0 Å². The predicted molar refractivity (Wildman–Crippen MR) is 93.9 cm³/mol. The molecule has 3 heteroatoms. The van der Waals surface area contributed by atoms with Gasteiger partial charge in [0.2, 0.25) is 0 Å². The van der Waals surface area contributed by atoms with Crippen molar-refractivity contribution < 1.29 is 14.6 Å². The number of hydrogen-bond acceptors (Lipinski definition) is 3. The first-order valence-electron chi connectivity index (χ1n) is 7.92. The molecule has 0 atom stereocenters. The van der Waals surface area contributed by atoms with Gasteiger partial charge in [-0.3, -0.25) is 0 Å². The van der Waals surface area contributed by atoms with Crippen molar-refractivity contribution in [2.24, 2.45) is 0 Å². The third-order valence-electron chi connectivity index (χ3n) is 3.62. The Morgan fingerprint density at radius 2 is 1.04 bits per heavy atom. The van der Waals surface area contributed by atoms with Gasteiger partial charge < -0.3 is 14.6 Å². The molecule has 3 rings (SSSR count). The number of ether oxygens (including phenoxy) is 2. The van der Waals surface area contributed by atoms with E-state index in [2.05, 4.69) is 0 Å². The SMILES string of the molecule is OCc1cc(OCc2ccccc2)cc(OCc2ccccc2)c1. The van der Waals surface area contributed by atoms with Gasteiger partial charge in [-0.2, -0.15) is 0 Å². The number of benzene rings is 3. The third-order valence-corrected chi connectivity index (χ3v) is 3.62. The summed E-state index contributed by atoms with van der Waals surface area (Å²) in [5, 5.41) is 9.45. The summed E-state index contributed by atoms with van der Waals surface area (Å²) in [7, 11) is 0. The van der Waals surface area contributed by atoms with Crippen LogP contribution in [0, 0.1) is 0 Å². The highest BCUT2D eigenvalue weighted by molar-refractivity contribution is 5.38. The van der Waals surface area contributed by atoms with Gasteiger partial charge in [-0.25, -0.2) is 0 Å². The van der Waals surface area contributed by atoms with E-state index in [0.717, 1.165) is 16.7 Å². The molecule has 1 N–H and O–H groups in total. The van der Waals surface area contributed by atoms with Gasteiger partial charge in [-0.1, -0.05) is 60.7 Å². The lowest BCUT2D eigenvalue weighted by atomic mass is 10.2. The van der Waals surface area contributed by atoms with E-state index in [1.807, 2.05) is 78.9 Å². The zero-order valence-electron chi connectivity index (χ0n) is 13.4. The van der Waals surface area contributed by atoms with Crippen molar-refractivity contribution in [3.05, 3.63) is 95.6 Å². The summed E-state index contributed by atoms with van der Waals surface area (Å²) in [6, 6.07) is 25.5. The number of rotatable bonds is 7. The minimum atomic E-state index is -0.0514. The first kappa shape index (κ1) is 16.1. The molecule has 3 aromatic rings. The van der Waals surface area contributed by atoms with Crippen molar-refractivity contribution in [1.82, 2.24) is 0 Å². The average molecular weight is 320 g/mol. The fourth-order valence-corrected chi connectivity index (χ4v) is 2.37. The van der Waals surface area contributed by atoms with Gasteiger partial charge in [0.25, 0.3) is 0 Å². The van der Waals surface area contributed by atoms with Crippen LogP contribution in [0.3, 0.4) is 0 Å². The maximum absolute atomic E-state index is 9.45. The second-order valence-corrected chi connectivity index (χ2v) is 5.52. The standard InChI is InChI=1S/C21H20O3/c22-14-19-11-20(23-15-17-7-3-1-4-8-17)13-21(12-19)24-16-18-9-5-2-6-10-18/h1-13,22H,14-16H2. The van der Waals surface area contributed by atoms with Gasteiger partial charge in [0.1, 0.15) is 24.7 Å². The van der Waals surface area contributed by atoms with E-state index < -0.39 is 0 Å². The van der Waals surface area contributed by atoms with Crippen LogP contribution in [0.4, 0.5) is 0 Å². The normalized spacial score (nSPS) is 10.4. The largest absolute Gasteiger partial charge is 0.489 e. The molecule has 24 heavy (non-hydrogen) atoms. The summed E-state index contributed by atoms with van der Waals surface area (Å²) in [6.45, 7) is 0.909. The van der Waals surface area contributed by atoms with Gasteiger partial charge in [0.15, 0.2) is 0 Å². The van der Waals surface area contributed by atoms with Gasteiger partial charge in [0.05, 0.1) is 6.61 Å². The molecule has 0 saturated heterocycles. The molecule has 0 spiro atoms. The first-order valence-corrected chi connectivity index (χ1v) is 7.92. The Morgan fingerprint density at radius 3 is 1.46 bits per heavy atom. The van der Waals surface area contributed by atoms with Crippen molar-refractivity contribution in [2.45, 2.75) is 19.8 Å². The molecule has 3 aromatic carbocycles. The van der Waals surface area contributed by atoms with Gasteiger partial charge in [0, 0.05) is 6.07 Å². The van der Waals surface area contributed by atoms with E-state index in [-0.39, 0.29) is 6.61 Å². The first-order chi connectivity index (χ1) is 11.8. The second-order valence-electron chi connectivity index (χ2n) is 5.52. The zero-order valence-corrected chi connectivity index (χ0v) is 13.4. The molecule has 122 valence electrons. The van der Waals surface area contributed by atoms with Gasteiger partial charge in [-0.15, -0.1) is 0 Å². The fourth-order valence-electron chi connectivity index (χ4n) is 2.37. The van der Waals surface area contributed by atoms with Crippen LogP contribution in [0.15, 0.2) is 78.9 Å². The van der Waals surface area contributed by atoms with Crippen LogP contribution in [-0.4, -0.2) is 5.11 Å². The van der Waals surface area contributed by atoms with E-state index in [4.69, 9.17) is 9.47 Å². The van der Waals surface area contributed by atoms with E-state index in [0.29, 0.717) is 24.7 Å². The molecule has 3 nitrogen and oxygen atoms in total. The van der Waals surface area contributed by atoms with Crippen LogP contribution < -0.4 is 9.47 Å². The summed E-state index contributed by atoms with van der Waals surface area (Å²) >= 11 is 0. The molecule has 0 unspecified atom stereocenters. The maximum Gasteiger partial charge on any atom is 0.123 e. The van der Waals surface area contributed by atoms with Crippen molar-refractivity contribution in [1.29, 1.82) is 0 Å². The minimum absolute atomic E-state index is 0.0514. The number of hydrogen-bond donors (Lipinski definition) is 1. The quantitative estimate of drug-likeness (QED) is 0.704. The molecule has 0 amide bonds. The molecule has 0 aliphatic rings. The van der Waals surface area contributed by atoms with Crippen LogP contribution in [0.25, 0.3) is 0 Å². The van der Waals surface area contributed by atoms with Crippen LogP contribution in [0.5, 0.6) is 11.5 Å². The van der Waals surface area contributed by atoms with Gasteiger partial charge in [-0.05, 0) is 28.8 Å². The van der Waals surface area contributed by atoms with E-state index in [9.17, 15) is 5.11 Å². The van der Waals surface area contributed by atoms with Gasteiger partial charge >= 0.3 is 0 Å². The van der Waals surface area contributed by atoms with Crippen LogP contribution in [-0.2, 0) is 19.8 Å². The summed E-state index contributed by atoms with van der Waals surface area (Å²) in [5.74, 6) is 1.38. The Morgan fingerprint density at radius 1 is 0.583 bits per heavy atom. The molecule has 0 radical (unpaired) electrons. The molecule has 0 aromatic heterocycles.